The van der Waals surface area contributed by atoms with E-state index >= 15 is 0 Å². The number of anilines is 1. The van der Waals surface area contributed by atoms with Crippen molar-refractivity contribution in [1.29, 1.82) is 0 Å². The summed E-state index contributed by atoms with van der Waals surface area (Å²) in [6.45, 7) is 2.10. The summed E-state index contributed by atoms with van der Waals surface area (Å²) in [6, 6.07) is 22.0. The number of nitrogens with one attached hydrogen (secondary N) is 2. The number of aliphatic carboxylic acids is 1. The maximum Gasteiger partial charge on any atom is 0.407 e. The minimum absolute atomic E-state index is 0.0593. The van der Waals surface area contributed by atoms with E-state index in [-0.39, 0.29) is 24.9 Å². The van der Waals surface area contributed by atoms with Gasteiger partial charge in [-0.25, -0.2) is 4.79 Å². The molecule has 1 atom stereocenters. The highest BCUT2D eigenvalue weighted by molar-refractivity contribution is 5.96. The van der Waals surface area contributed by atoms with Crippen LogP contribution in [0.5, 0.6) is 0 Å². The molecule has 0 saturated heterocycles. The molecule has 1 aliphatic rings. The van der Waals surface area contributed by atoms with Gasteiger partial charge in [0.05, 0.1) is 6.42 Å². The van der Waals surface area contributed by atoms with Crippen LogP contribution in [0.1, 0.15) is 42.4 Å². The Morgan fingerprint density at radius 1 is 0.914 bits per heavy atom. The molecule has 1 aliphatic carbocycles. The van der Waals surface area contributed by atoms with Gasteiger partial charge in [0.1, 0.15) is 12.6 Å². The molecule has 0 fully saturated rings. The molecule has 3 aromatic rings. The number of hydrogen-bond donors (Lipinski definition) is 3. The minimum Gasteiger partial charge on any atom is -0.481 e. The molecule has 0 bridgehead atoms. The third-order valence-electron chi connectivity index (χ3n) is 6.11. The van der Waals surface area contributed by atoms with Crippen molar-refractivity contribution in [1.82, 2.24) is 5.32 Å². The Labute approximate surface area is 204 Å². The monoisotopic (exact) mass is 472 g/mol. The summed E-state index contributed by atoms with van der Waals surface area (Å²) in [7, 11) is 0. The Morgan fingerprint density at radius 2 is 1.51 bits per heavy atom. The van der Waals surface area contributed by atoms with Gasteiger partial charge in [0, 0.05) is 11.6 Å². The number of hydrogen-bond acceptors (Lipinski definition) is 4. The van der Waals surface area contributed by atoms with Crippen molar-refractivity contribution >= 4 is 23.7 Å². The second-order valence-corrected chi connectivity index (χ2v) is 8.57. The normalized spacial score (nSPS) is 12.8. The first-order valence-corrected chi connectivity index (χ1v) is 11.7. The van der Waals surface area contributed by atoms with Gasteiger partial charge >= 0.3 is 12.1 Å². The molecule has 0 saturated carbocycles. The van der Waals surface area contributed by atoms with Crippen LogP contribution in [0.3, 0.4) is 0 Å². The van der Waals surface area contributed by atoms with Crippen molar-refractivity contribution in [2.45, 2.75) is 38.1 Å². The zero-order valence-electron chi connectivity index (χ0n) is 19.5. The lowest BCUT2D eigenvalue weighted by Gasteiger charge is -2.19. The van der Waals surface area contributed by atoms with Crippen LogP contribution in [-0.2, 0) is 20.7 Å². The van der Waals surface area contributed by atoms with E-state index in [1.165, 1.54) is 0 Å². The van der Waals surface area contributed by atoms with E-state index in [4.69, 9.17) is 9.84 Å². The van der Waals surface area contributed by atoms with Crippen LogP contribution in [0.2, 0.25) is 0 Å². The Morgan fingerprint density at radius 3 is 2.09 bits per heavy atom. The van der Waals surface area contributed by atoms with Crippen molar-refractivity contribution in [2.24, 2.45) is 0 Å². The van der Waals surface area contributed by atoms with Crippen molar-refractivity contribution < 1.29 is 24.2 Å². The zero-order valence-corrected chi connectivity index (χ0v) is 19.5. The molecule has 0 spiro atoms. The SMILES string of the molecule is CCC[C@@H](NC(=O)OCC1c2ccccc2-c2ccccc21)C(=O)Nc1ccc(CC(=O)O)cc1. The average molecular weight is 473 g/mol. The molecule has 180 valence electrons. The molecule has 3 N–H and O–H groups in total. The fourth-order valence-electron chi connectivity index (χ4n) is 4.45. The molecule has 2 amide bonds. The van der Waals surface area contributed by atoms with Gasteiger partial charge in [0.2, 0.25) is 5.91 Å². The zero-order chi connectivity index (χ0) is 24.8. The molecular formula is C28H28N2O5. The molecule has 3 aromatic carbocycles. The van der Waals surface area contributed by atoms with Gasteiger partial charge in [-0.15, -0.1) is 0 Å². The Hall–Kier alpha value is -4.13. The number of fused-ring (bicyclic) bond motifs is 3. The Bertz CT molecular complexity index is 1180. The summed E-state index contributed by atoms with van der Waals surface area (Å²) in [6.07, 6.45) is 0.417. The van der Waals surface area contributed by atoms with Gasteiger partial charge in [0.15, 0.2) is 0 Å². The highest BCUT2D eigenvalue weighted by Crippen LogP contribution is 2.44. The van der Waals surface area contributed by atoms with Crippen molar-refractivity contribution in [3.63, 3.8) is 0 Å². The lowest BCUT2D eigenvalue weighted by molar-refractivity contribution is -0.136. The van der Waals surface area contributed by atoms with Gasteiger partial charge in [-0.2, -0.15) is 0 Å². The molecule has 0 heterocycles. The van der Waals surface area contributed by atoms with Crippen LogP contribution < -0.4 is 10.6 Å². The Balaban J connectivity index is 1.37. The molecule has 0 radical (unpaired) electrons. The summed E-state index contributed by atoms with van der Waals surface area (Å²) < 4.78 is 5.58. The smallest absolute Gasteiger partial charge is 0.407 e. The number of rotatable bonds is 9. The van der Waals surface area contributed by atoms with Crippen LogP contribution >= 0.6 is 0 Å². The predicted molar refractivity (Wildman–Crippen MR) is 133 cm³/mol. The number of carboxylic acid groups (broad SMARTS) is 1. The first-order valence-electron chi connectivity index (χ1n) is 11.7. The largest absolute Gasteiger partial charge is 0.481 e. The van der Waals surface area contributed by atoms with Gasteiger partial charge < -0.3 is 20.5 Å². The standard InChI is InChI=1S/C28H28N2O5/c1-2-7-25(27(33)29-19-14-12-18(13-15-19)16-26(31)32)30-28(34)35-17-24-22-10-5-3-8-20(22)21-9-4-6-11-23(21)24/h3-6,8-15,24-25H,2,7,16-17H2,1H3,(H,29,33)(H,30,34)(H,31,32)/t25-/m1/s1. The lowest BCUT2D eigenvalue weighted by Crippen LogP contribution is -2.44. The van der Waals surface area contributed by atoms with Crippen LogP contribution in [0.15, 0.2) is 72.8 Å². The lowest BCUT2D eigenvalue weighted by atomic mass is 9.98. The number of carbonyl (C=O) groups is 3. The molecule has 35 heavy (non-hydrogen) atoms. The van der Waals surface area contributed by atoms with Gasteiger partial charge in [-0.1, -0.05) is 74.0 Å². The summed E-state index contributed by atoms with van der Waals surface area (Å²) >= 11 is 0. The second kappa shape index (κ2) is 10.9. The van der Waals surface area contributed by atoms with Crippen molar-refractivity contribution in [3.05, 3.63) is 89.5 Å². The number of carboxylic acids is 1. The third-order valence-corrected chi connectivity index (χ3v) is 6.11. The summed E-state index contributed by atoms with van der Waals surface area (Å²) in [5.41, 5.74) is 5.70. The fraction of sp³-hybridized carbons (Fsp3) is 0.250. The molecule has 0 aromatic heterocycles. The first-order chi connectivity index (χ1) is 17.0. The summed E-state index contributed by atoms with van der Waals surface area (Å²) in [4.78, 5) is 36.3. The molecule has 0 aliphatic heterocycles. The van der Waals surface area contributed by atoms with Crippen LogP contribution in [-0.4, -0.2) is 35.7 Å². The number of carbonyl (C=O) groups excluding carboxylic acids is 2. The number of amides is 2. The van der Waals surface area contributed by atoms with E-state index in [0.717, 1.165) is 22.3 Å². The van der Waals surface area contributed by atoms with Crippen molar-refractivity contribution in [2.75, 3.05) is 11.9 Å². The molecule has 0 unspecified atom stereocenters. The van der Waals surface area contributed by atoms with Gasteiger partial charge in [0.25, 0.3) is 0 Å². The maximum atomic E-state index is 12.8. The average Bonchev–Trinajstić information content (AvgIpc) is 3.17. The van der Waals surface area contributed by atoms with E-state index in [1.807, 2.05) is 31.2 Å². The minimum atomic E-state index is -0.919. The van der Waals surface area contributed by atoms with Crippen molar-refractivity contribution in [3.8, 4) is 11.1 Å². The Kier molecular flexibility index (Phi) is 7.45. The number of ether oxygens (including phenoxy) is 1. The summed E-state index contributed by atoms with van der Waals surface area (Å²) in [5, 5.41) is 14.4. The van der Waals surface area contributed by atoms with Crippen LogP contribution in [0.25, 0.3) is 11.1 Å². The molecular weight excluding hydrogens is 444 g/mol. The number of benzene rings is 3. The van der Waals surface area contributed by atoms with Gasteiger partial charge in [-0.3, -0.25) is 9.59 Å². The molecule has 7 heteroatoms. The van der Waals surface area contributed by atoms with E-state index < -0.39 is 18.1 Å². The fourth-order valence-corrected chi connectivity index (χ4v) is 4.45. The topological polar surface area (TPSA) is 105 Å². The van der Waals surface area contributed by atoms with Crippen LogP contribution in [0.4, 0.5) is 10.5 Å². The third kappa shape index (κ3) is 5.69. The van der Waals surface area contributed by atoms with Gasteiger partial charge in [-0.05, 0) is 46.4 Å². The van der Waals surface area contributed by atoms with E-state index in [2.05, 4.69) is 34.9 Å². The van der Waals surface area contributed by atoms with E-state index in [0.29, 0.717) is 24.1 Å². The second-order valence-electron chi connectivity index (χ2n) is 8.57. The van der Waals surface area contributed by atoms with E-state index in [1.54, 1.807) is 24.3 Å². The maximum absolute atomic E-state index is 12.8. The van der Waals surface area contributed by atoms with Crippen LogP contribution in [0, 0.1) is 0 Å². The predicted octanol–water partition coefficient (Wildman–Crippen LogP) is 4.96. The molecule has 7 nitrogen and oxygen atoms in total. The number of alkyl carbamates (subject to hydrolysis) is 1. The highest BCUT2D eigenvalue weighted by Gasteiger charge is 2.29. The van der Waals surface area contributed by atoms with E-state index in [9.17, 15) is 14.4 Å². The first kappa shape index (κ1) is 24.0. The quantitative estimate of drug-likeness (QED) is 0.408. The highest BCUT2D eigenvalue weighted by atomic mass is 16.5. The summed E-state index contributed by atoms with van der Waals surface area (Å²) in [5.74, 6) is -1.33. The molecule has 4 rings (SSSR count).